The van der Waals surface area contributed by atoms with Crippen molar-refractivity contribution in [2.45, 2.75) is 96.7 Å². The zero-order chi connectivity index (χ0) is 29.9. The highest BCUT2D eigenvalue weighted by molar-refractivity contribution is 5.88. The van der Waals surface area contributed by atoms with Crippen molar-refractivity contribution in [1.29, 1.82) is 0 Å². The van der Waals surface area contributed by atoms with Crippen molar-refractivity contribution in [3.63, 3.8) is 0 Å². The number of nitrogens with one attached hydrogen (secondary N) is 1. The minimum absolute atomic E-state index is 0.0726. The van der Waals surface area contributed by atoms with Crippen molar-refractivity contribution < 1.29 is 34.0 Å². The van der Waals surface area contributed by atoms with Crippen molar-refractivity contribution in [2.75, 3.05) is 27.4 Å². The summed E-state index contributed by atoms with van der Waals surface area (Å²) in [6, 6.07) is 5.42. The van der Waals surface area contributed by atoms with Gasteiger partial charge >= 0.3 is 5.97 Å². The molecule has 5 N–H and O–H groups in total. The quantitative estimate of drug-likeness (QED) is 0.195. The number of methoxy groups -OCH3 is 2. The first-order chi connectivity index (χ1) is 18.9. The Kier molecular flexibility index (Phi) is 13.7. The second kappa shape index (κ2) is 16.2. The van der Waals surface area contributed by atoms with E-state index in [9.17, 15) is 19.8 Å². The number of hydrogen-bond donors (Lipinski definition) is 4. The Morgan fingerprint density at radius 3 is 2.25 bits per heavy atom. The van der Waals surface area contributed by atoms with Crippen LogP contribution in [0, 0.1) is 23.7 Å². The van der Waals surface area contributed by atoms with E-state index in [0.29, 0.717) is 49.9 Å². The maximum Gasteiger partial charge on any atom is 0.329 e. The van der Waals surface area contributed by atoms with Gasteiger partial charge in [-0.3, -0.25) is 4.79 Å². The molecule has 1 aromatic rings. The predicted molar refractivity (Wildman–Crippen MR) is 156 cm³/mol. The first kappa shape index (κ1) is 33.8. The van der Waals surface area contributed by atoms with E-state index in [2.05, 4.69) is 19.2 Å². The van der Waals surface area contributed by atoms with Crippen LogP contribution in [0.15, 0.2) is 18.2 Å². The third kappa shape index (κ3) is 9.63. The second-order valence-electron chi connectivity index (χ2n) is 12.0. The van der Waals surface area contributed by atoms with Crippen molar-refractivity contribution in [3.8, 4) is 11.5 Å². The summed E-state index contributed by atoms with van der Waals surface area (Å²) in [5.74, 6) is -0.0359. The smallest absolute Gasteiger partial charge is 0.329 e. The minimum Gasteiger partial charge on any atom is -0.493 e. The number of amides is 1. The van der Waals surface area contributed by atoms with Gasteiger partial charge in [0.1, 0.15) is 5.54 Å². The van der Waals surface area contributed by atoms with Gasteiger partial charge in [-0.05, 0) is 67.6 Å². The third-order valence-corrected chi connectivity index (χ3v) is 8.35. The minimum atomic E-state index is -1.20. The standard InChI is InChI=1S/C31H52N2O7/c1-20(2)23(16-22-10-11-27(39-6)28(17-22)40-15-9-14-38-5)18-25(32)26(34)19-24(21(3)4)29(35)33-31(30(36)37)12-7-8-13-31/h10-11,17,20-21,23-26,34H,7-9,12-16,18-19,32H2,1-6H3,(H,33,35)(H,36,37)/t23-,24-,25-,26-/m0/s1. The van der Waals surface area contributed by atoms with Crippen LogP contribution in [0.2, 0.25) is 0 Å². The molecule has 1 aliphatic carbocycles. The summed E-state index contributed by atoms with van der Waals surface area (Å²) in [7, 11) is 3.28. The maximum atomic E-state index is 13.2. The third-order valence-electron chi connectivity index (χ3n) is 8.35. The fraction of sp³-hybridized carbons (Fsp3) is 0.742. The molecule has 0 aromatic heterocycles. The normalized spacial score (nSPS) is 17.9. The molecule has 1 fully saturated rings. The molecule has 0 radical (unpaired) electrons. The monoisotopic (exact) mass is 564 g/mol. The van der Waals surface area contributed by atoms with Gasteiger partial charge in [0.15, 0.2) is 11.5 Å². The molecule has 9 heteroatoms. The van der Waals surface area contributed by atoms with Crippen LogP contribution in [-0.2, 0) is 20.7 Å². The summed E-state index contributed by atoms with van der Waals surface area (Å²) >= 11 is 0. The van der Waals surface area contributed by atoms with Crippen LogP contribution in [0.5, 0.6) is 11.5 Å². The Hall–Kier alpha value is -2.36. The fourth-order valence-corrected chi connectivity index (χ4v) is 5.56. The second-order valence-corrected chi connectivity index (χ2v) is 12.0. The highest BCUT2D eigenvalue weighted by Crippen LogP contribution is 2.33. The van der Waals surface area contributed by atoms with Crippen LogP contribution in [0.4, 0.5) is 0 Å². The maximum absolute atomic E-state index is 13.2. The summed E-state index contributed by atoms with van der Waals surface area (Å²) in [5, 5.41) is 23.7. The topological polar surface area (TPSA) is 140 Å². The lowest BCUT2D eigenvalue weighted by atomic mass is 9.80. The molecule has 228 valence electrons. The molecule has 0 unspecified atom stereocenters. The number of benzene rings is 1. The highest BCUT2D eigenvalue weighted by Gasteiger charge is 2.44. The molecule has 2 rings (SSSR count). The summed E-state index contributed by atoms with van der Waals surface area (Å²) in [4.78, 5) is 25.2. The molecule has 9 nitrogen and oxygen atoms in total. The van der Waals surface area contributed by atoms with Gasteiger partial charge in [-0.15, -0.1) is 0 Å². The number of carbonyl (C=O) groups is 2. The lowest BCUT2D eigenvalue weighted by Crippen LogP contribution is -2.55. The van der Waals surface area contributed by atoms with Crippen LogP contribution in [0.1, 0.15) is 78.2 Å². The van der Waals surface area contributed by atoms with E-state index in [1.54, 1.807) is 14.2 Å². The highest BCUT2D eigenvalue weighted by atomic mass is 16.5. The Balaban J connectivity index is 2.06. The van der Waals surface area contributed by atoms with E-state index in [1.807, 2.05) is 32.0 Å². The van der Waals surface area contributed by atoms with Crippen LogP contribution in [0.25, 0.3) is 0 Å². The number of aliphatic hydroxyl groups excluding tert-OH is 1. The van der Waals surface area contributed by atoms with Gasteiger partial charge in [0.2, 0.25) is 5.91 Å². The number of nitrogens with two attached hydrogens (primary N) is 1. The molecule has 40 heavy (non-hydrogen) atoms. The predicted octanol–water partition coefficient (Wildman–Crippen LogP) is 4.18. The van der Waals surface area contributed by atoms with Gasteiger partial charge in [0.25, 0.3) is 0 Å². The van der Waals surface area contributed by atoms with E-state index in [0.717, 1.165) is 31.2 Å². The van der Waals surface area contributed by atoms with E-state index >= 15 is 0 Å². The average molecular weight is 565 g/mol. The van der Waals surface area contributed by atoms with Gasteiger partial charge in [0.05, 0.1) is 19.8 Å². The van der Waals surface area contributed by atoms with Gasteiger partial charge in [0, 0.05) is 32.1 Å². The number of rotatable bonds is 18. The summed E-state index contributed by atoms with van der Waals surface area (Å²) in [6.45, 7) is 9.27. The van der Waals surface area contributed by atoms with Crippen molar-refractivity contribution in [2.24, 2.45) is 29.4 Å². The van der Waals surface area contributed by atoms with Gasteiger partial charge in [-0.2, -0.15) is 0 Å². The number of hydrogen-bond acceptors (Lipinski definition) is 7. The Labute approximate surface area is 240 Å². The van der Waals surface area contributed by atoms with Gasteiger partial charge in [-0.1, -0.05) is 46.6 Å². The molecule has 1 aliphatic rings. The van der Waals surface area contributed by atoms with Crippen LogP contribution in [-0.4, -0.2) is 67.2 Å². The number of ether oxygens (including phenoxy) is 3. The first-order valence-electron chi connectivity index (χ1n) is 14.7. The molecule has 0 saturated heterocycles. The first-order valence-corrected chi connectivity index (χ1v) is 14.7. The molecule has 1 saturated carbocycles. The number of carboxylic acid groups (broad SMARTS) is 1. The Morgan fingerprint density at radius 2 is 1.70 bits per heavy atom. The number of carbonyl (C=O) groups excluding carboxylic acids is 1. The molecular formula is C31H52N2O7. The van der Waals surface area contributed by atoms with Gasteiger partial charge in [-0.25, -0.2) is 4.79 Å². The number of carboxylic acids is 1. The molecule has 0 spiro atoms. The molecule has 0 aliphatic heterocycles. The largest absolute Gasteiger partial charge is 0.493 e. The van der Waals surface area contributed by atoms with Crippen LogP contribution >= 0.6 is 0 Å². The van der Waals surface area contributed by atoms with E-state index in [1.165, 1.54) is 0 Å². The average Bonchev–Trinajstić information content (AvgIpc) is 3.38. The molecule has 1 aromatic carbocycles. The van der Waals surface area contributed by atoms with E-state index in [-0.39, 0.29) is 24.2 Å². The number of aliphatic carboxylic acids is 1. The van der Waals surface area contributed by atoms with Crippen molar-refractivity contribution in [3.05, 3.63) is 23.8 Å². The van der Waals surface area contributed by atoms with Gasteiger partial charge < -0.3 is 35.5 Å². The fourth-order valence-electron chi connectivity index (χ4n) is 5.56. The van der Waals surface area contributed by atoms with Crippen molar-refractivity contribution >= 4 is 11.9 Å². The molecule has 4 atom stereocenters. The lowest BCUT2D eigenvalue weighted by Gasteiger charge is -2.32. The molecule has 1 amide bonds. The molecule has 0 bridgehead atoms. The summed E-state index contributed by atoms with van der Waals surface area (Å²) in [5.41, 5.74) is 6.43. The number of aliphatic hydroxyl groups is 1. The zero-order valence-corrected chi connectivity index (χ0v) is 25.3. The van der Waals surface area contributed by atoms with E-state index in [4.69, 9.17) is 19.9 Å². The lowest BCUT2D eigenvalue weighted by molar-refractivity contribution is -0.148. The zero-order valence-electron chi connectivity index (χ0n) is 25.3. The van der Waals surface area contributed by atoms with E-state index < -0.39 is 29.6 Å². The molecular weight excluding hydrogens is 512 g/mol. The summed E-state index contributed by atoms with van der Waals surface area (Å²) < 4.78 is 16.5. The van der Waals surface area contributed by atoms with Crippen LogP contribution in [0.3, 0.4) is 0 Å². The van der Waals surface area contributed by atoms with Crippen LogP contribution < -0.4 is 20.5 Å². The Morgan fingerprint density at radius 1 is 1.02 bits per heavy atom. The van der Waals surface area contributed by atoms with Crippen molar-refractivity contribution in [1.82, 2.24) is 5.32 Å². The Bertz CT molecular complexity index is 930. The SMILES string of the molecule is COCCCOc1cc(C[C@@H](C[C@H](N)[C@@H](O)C[C@H](C(=O)NC2(C(=O)O)CCCC2)C(C)C)C(C)C)ccc1OC. The molecule has 0 heterocycles. The summed E-state index contributed by atoms with van der Waals surface area (Å²) in [6.07, 6.45) is 3.83.